The quantitative estimate of drug-likeness (QED) is 0.136. The van der Waals surface area contributed by atoms with E-state index in [4.69, 9.17) is 9.26 Å². The Morgan fingerprint density at radius 1 is 1.20 bits per heavy atom. The minimum absolute atomic E-state index is 0.00450. The third-order valence-corrected chi connectivity index (χ3v) is 7.02. The molecule has 1 aliphatic rings. The van der Waals surface area contributed by atoms with Gasteiger partial charge in [-0.1, -0.05) is 49.4 Å². The molecule has 0 saturated carbocycles. The molecule has 4 atom stereocenters. The van der Waals surface area contributed by atoms with E-state index >= 15 is 0 Å². The van der Waals surface area contributed by atoms with E-state index in [1.807, 2.05) is 0 Å². The van der Waals surface area contributed by atoms with Gasteiger partial charge in [0.2, 0.25) is 11.8 Å². The molecule has 0 unspecified atom stereocenters. The van der Waals surface area contributed by atoms with Gasteiger partial charge in [-0.25, -0.2) is 9.18 Å². The van der Waals surface area contributed by atoms with Crippen molar-refractivity contribution in [1.82, 2.24) is 21.1 Å². The van der Waals surface area contributed by atoms with Gasteiger partial charge in [0.05, 0.1) is 12.6 Å². The van der Waals surface area contributed by atoms with Gasteiger partial charge in [0.15, 0.2) is 11.5 Å². The molecule has 1 saturated heterocycles. The number of carbonyl (C=O) groups excluding carboxylic acids is 5. The molecule has 0 aliphatic carbocycles. The van der Waals surface area contributed by atoms with E-state index in [-0.39, 0.29) is 49.3 Å². The first-order valence-electron chi connectivity index (χ1n) is 14.7. The summed E-state index contributed by atoms with van der Waals surface area (Å²) in [6.45, 7) is 13.0. The zero-order valence-corrected chi connectivity index (χ0v) is 26.0. The Morgan fingerprint density at radius 2 is 1.93 bits per heavy atom. The Labute approximate surface area is 257 Å². The first-order chi connectivity index (χ1) is 20.8. The van der Waals surface area contributed by atoms with Gasteiger partial charge in [-0.2, -0.15) is 0 Å². The van der Waals surface area contributed by atoms with E-state index < -0.39 is 47.4 Å². The Morgan fingerprint density at radius 3 is 2.50 bits per heavy atom. The highest BCUT2D eigenvalue weighted by atomic mass is 19.1. The molecule has 1 aliphatic heterocycles. The highest BCUT2D eigenvalue weighted by Gasteiger charge is 2.32. The summed E-state index contributed by atoms with van der Waals surface area (Å²) in [7, 11) is 0. The molecule has 0 radical (unpaired) electrons. The molecule has 2 heterocycles. The highest BCUT2D eigenvalue weighted by Crippen LogP contribution is 2.22. The van der Waals surface area contributed by atoms with Gasteiger partial charge in [0, 0.05) is 43.0 Å². The number of nitrogens with one attached hydrogen (secondary N) is 3. The van der Waals surface area contributed by atoms with Crippen molar-refractivity contribution in [3.8, 4) is 0 Å². The predicted octanol–water partition coefficient (Wildman–Crippen LogP) is 3.82. The summed E-state index contributed by atoms with van der Waals surface area (Å²) in [4.78, 5) is 64.3. The number of nitrogens with zero attached hydrogens (tertiary/aromatic N) is 1. The number of halogens is 1. The van der Waals surface area contributed by atoms with Gasteiger partial charge in [-0.3, -0.25) is 19.2 Å². The lowest BCUT2D eigenvalue weighted by Crippen LogP contribution is -2.46. The monoisotopic (exact) mass is 614 g/mol. The largest absolute Gasteiger partial charge is 0.463 e. The number of ether oxygens (including phenoxy) is 1. The topological polar surface area (TPSA) is 157 Å². The molecular formula is C32H43FN4O7. The number of aryl methyl sites for hydroxylation is 1. The minimum Gasteiger partial charge on any atom is -0.463 e. The summed E-state index contributed by atoms with van der Waals surface area (Å²) < 4.78 is 23.6. The molecule has 1 aromatic heterocycles. The van der Waals surface area contributed by atoms with Crippen molar-refractivity contribution in [3.63, 3.8) is 0 Å². The van der Waals surface area contributed by atoms with E-state index in [0.29, 0.717) is 24.3 Å². The molecule has 3 amide bonds. The first kappa shape index (κ1) is 35.8. The van der Waals surface area contributed by atoms with Crippen molar-refractivity contribution in [2.45, 2.75) is 72.4 Å². The number of rotatable bonds is 17. The van der Waals surface area contributed by atoms with Gasteiger partial charge < -0.3 is 25.2 Å². The number of hydrogen-bond donors (Lipinski definition) is 3. The van der Waals surface area contributed by atoms with Crippen LogP contribution in [0.3, 0.4) is 0 Å². The molecule has 3 N–H and O–H groups in total. The summed E-state index contributed by atoms with van der Waals surface area (Å²) in [5.41, 5.74) is 0.416. The van der Waals surface area contributed by atoms with Crippen LogP contribution in [0.1, 0.15) is 69.6 Å². The average Bonchev–Trinajstić information content (AvgIpc) is 3.60. The fourth-order valence-corrected chi connectivity index (χ4v) is 4.66. The smallest absolute Gasteiger partial charge is 0.330 e. The Kier molecular flexibility index (Phi) is 14.4. The predicted molar refractivity (Wildman–Crippen MR) is 162 cm³/mol. The Bertz CT molecular complexity index is 1300. The van der Waals surface area contributed by atoms with Crippen LogP contribution >= 0.6 is 0 Å². The second-order valence-corrected chi connectivity index (χ2v) is 11.0. The fourth-order valence-electron chi connectivity index (χ4n) is 4.66. The summed E-state index contributed by atoms with van der Waals surface area (Å²) in [6.07, 6.45) is 7.09. The number of ketones is 1. The van der Waals surface area contributed by atoms with E-state index in [1.165, 1.54) is 43.4 Å². The highest BCUT2D eigenvalue weighted by molar-refractivity contribution is 5.97. The van der Waals surface area contributed by atoms with Gasteiger partial charge in [-0.15, -0.1) is 0 Å². The van der Waals surface area contributed by atoms with Crippen molar-refractivity contribution in [3.05, 3.63) is 65.9 Å². The maximum absolute atomic E-state index is 13.7. The van der Waals surface area contributed by atoms with Crippen LogP contribution in [0.25, 0.3) is 0 Å². The van der Waals surface area contributed by atoms with E-state index in [0.717, 1.165) is 0 Å². The third kappa shape index (κ3) is 11.7. The van der Waals surface area contributed by atoms with Crippen molar-refractivity contribution < 1.29 is 37.6 Å². The first-order valence-corrected chi connectivity index (χ1v) is 14.7. The Balaban J connectivity index is 2.31. The molecule has 12 heteroatoms. The summed E-state index contributed by atoms with van der Waals surface area (Å²) in [5, 5.41) is 12.0. The summed E-state index contributed by atoms with van der Waals surface area (Å²) in [5.74, 6) is -4.00. The van der Waals surface area contributed by atoms with Crippen LogP contribution in [0.15, 0.2) is 58.9 Å². The number of hydrogen-bond acceptors (Lipinski definition) is 8. The van der Waals surface area contributed by atoms with Crippen molar-refractivity contribution in [2.24, 2.45) is 17.8 Å². The second kappa shape index (κ2) is 17.7. The van der Waals surface area contributed by atoms with Crippen molar-refractivity contribution in [2.75, 3.05) is 13.2 Å². The third-order valence-electron chi connectivity index (χ3n) is 7.02. The molecule has 1 fully saturated rings. The zero-order chi connectivity index (χ0) is 32.8. The lowest BCUT2D eigenvalue weighted by molar-refractivity contribution is -0.137. The number of amides is 3. The summed E-state index contributed by atoms with van der Waals surface area (Å²) in [6, 6.07) is -0.221. The van der Waals surface area contributed by atoms with Crippen LogP contribution in [0.5, 0.6) is 0 Å². The molecule has 1 aromatic rings. The zero-order valence-electron chi connectivity index (χ0n) is 26.0. The van der Waals surface area contributed by atoms with E-state index in [2.05, 4.69) is 27.7 Å². The average molecular weight is 615 g/mol. The molecule has 0 bridgehead atoms. The lowest BCUT2D eigenvalue weighted by Gasteiger charge is -2.25. The molecular weight excluding hydrogens is 571 g/mol. The van der Waals surface area contributed by atoms with Crippen LogP contribution in [0, 0.1) is 24.7 Å². The SMILES string of the molecule is C=C(/C=C\C(F)=C/C)C[C@H](CC(=O)[C@@H](NC(=O)c1cc(C)on1)C(C)C)C(=O)N[C@H](/C=C/C(=O)OCC)C[C@@H]1CCNC1=O. The van der Waals surface area contributed by atoms with Crippen LogP contribution < -0.4 is 16.0 Å². The molecule has 0 aromatic carbocycles. The van der Waals surface area contributed by atoms with Gasteiger partial charge >= 0.3 is 5.97 Å². The molecule has 2 rings (SSSR count). The Hall–Kier alpha value is -4.35. The molecule has 0 spiro atoms. The fraction of sp³-hybridized carbons (Fsp3) is 0.500. The van der Waals surface area contributed by atoms with Gasteiger partial charge in [0.25, 0.3) is 5.91 Å². The van der Waals surface area contributed by atoms with E-state index in [9.17, 15) is 28.4 Å². The number of carbonyl (C=O) groups is 5. The molecule has 44 heavy (non-hydrogen) atoms. The van der Waals surface area contributed by atoms with Gasteiger partial charge in [-0.05, 0) is 52.0 Å². The van der Waals surface area contributed by atoms with E-state index in [1.54, 1.807) is 27.7 Å². The van der Waals surface area contributed by atoms with Crippen LogP contribution in [-0.4, -0.2) is 59.9 Å². The van der Waals surface area contributed by atoms with Crippen LogP contribution in [0.2, 0.25) is 0 Å². The minimum atomic E-state index is -0.961. The lowest BCUT2D eigenvalue weighted by atomic mass is 9.88. The van der Waals surface area contributed by atoms with Crippen molar-refractivity contribution in [1.29, 1.82) is 0 Å². The molecule has 11 nitrogen and oxygen atoms in total. The second-order valence-electron chi connectivity index (χ2n) is 11.0. The molecule has 240 valence electrons. The number of allylic oxidation sites excluding steroid dienone is 5. The van der Waals surface area contributed by atoms with Crippen LogP contribution in [0.4, 0.5) is 4.39 Å². The maximum Gasteiger partial charge on any atom is 0.330 e. The van der Waals surface area contributed by atoms with Crippen molar-refractivity contribution >= 4 is 29.5 Å². The van der Waals surface area contributed by atoms with Gasteiger partial charge in [0.1, 0.15) is 11.6 Å². The maximum atomic E-state index is 13.7. The number of esters is 1. The standard InChI is InChI=1S/C32H43FN4O7/c1-7-24(33)10-9-20(5)15-23(18-27(38)29(19(3)4)36-32(42)26-16-21(6)44-37-26)31(41)35-25(11-12-28(39)43-8-2)17-22-13-14-34-30(22)40/h7,9-12,16,19,22-23,25,29H,5,8,13-15,17-18H2,1-4,6H3,(H,34,40)(H,35,41)(H,36,42)/b10-9-,12-11+,24-7+/t22-,23+,25+,29-/m0/s1. The number of aromatic nitrogens is 1. The number of Topliss-reactive ketones (excluding diaryl/α,β-unsaturated/α-hetero) is 1. The van der Waals surface area contributed by atoms with Crippen LogP contribution in [-0.2, 0) is 23.9 Å². The normalized spacial score (nSPS) is 17.4. The summed E-state index contributed by atoms with van der Waals surface area (Å²) >= 11 is 0.